The second kappa shape index (κ2) is 6.78. The van der Waals surface area contributed by atoms with Crippen LogP contribution in [-0.2, 0) is 30.3 Å². The average molecular weight is 337 g/mol. The molecule has 0 radical (unpaired) electrons. The van der Waals surface area contributed by atoms with Crippen LogP contribution in [0.1, 0.15) is 25.8 Å². The highest BCUT2D eigenvalue weighted by Gasteiger charge is 2.56. The first-order chi connectivity index (χ1) is 11.4. The van der Waals surface area contributed by atoms with Gasteiger partial charge >= 0.3 is 5.97 Å². The predicted octanol–water partition coefficient (Wildman–Crippen LogP) is 1.25. The Balaban J connectivity index is 1.72. The van der Waals surface area contributed by atoms with E-state index < -0.39 is 42.4 Å². The second-order valence-corrected chi connectivity index (χ2v) is 6.59. The van der Waals surface area contributed by atoms with E-state index in [-0.39, 0.29) is 6.42 Å². The van der Waals surface area contributed by atoms with Gasteiger partial charge in [-0.1, -0.05) is 30.3 Å². The van der Waals surface area contributed by atoms with Crippen LogP contribution in [0.25, 0.3) is 0 Å². The smallest absolute Gasteiger partial charge is 0.305 e. The number of benzene rings is 1. The molecular formula is C17H23NO6. The fourth-order valence-electron chi connectivity index (χ4n) is 3.12. The number of nitrogens with two attached hydrogens (primary N) is 1. The minimum Gasteiger partial charge on any atom is -0.481 e. The topological polar surface area (TPSA) is 100 Å². The van der Waals surface area contributed by atoms with E-state index in [4.69, 9.17) is 29.8 Å². The SMILES string of the molecule is CC1(C)O[C@H]2O[C@H]([C@@H](N)CC(=O)O)[C@H](OCc3ccccc3)[C@H]2O1. The number of carboxylic acids is 1. The first kappa shape index (κ1) is 17.3. The largest absolute Gasteiger partial charge is 0.481 e. The number of ether oxygens (including phenoxy) is 4. The summed E-state index contributed by atoms with van der Waals surface area (Å²) >= 11 is 0. The van der Waals surface area contributed by atoms with Gasteiger partial charge in [0.1, 0.15) is 18.3 Å². The molecule has 7 nitrogen and oxygen atoms in total. The zero-order valence-electron chi connectivity index (χ0n) is 13.8. The van der Waals surface area contributed by atoms with Gasteiger partial charge in [0.25, 0.3) is 0 Å². The Hall–Kier alpha value is -1.51. The van der Waals surface area contributed by atoms with E-state index in [9.17, 15) is 4.79 Å². The standard InChI is InChI=1S/C17H23NO6/c1-17(2)23-15-14(21-9-10-6-4-3-5-7-10)13(22-16(15)24-17)11(18)8-12(19)20/h3-7,11,13-16H,8-9,18H2,1-2H3,(H,19,20)/t11-,13+,14-,15+,16+/m0/s1. The predicted molar refractivity (Wildman–Crippen MR) is 83.9 cm³/mol. The van der Waals surface area contributed by atoms with Crippen LogP contribution < -0.4 is 5.73 Å². The molecule has 132 valence electrons. The van der Waals surface area contributed by atoms with E-state index in [1.54, 1.807) is 13.8 Å². The van der Waals surface area contributed by atoms with Crippen molar-refractivity contribution in [3.05, 3.63) is 35.9 Å². The number of carboxylic acid groups (broad SMARTS) is 1. The van der Waals surface area contributed by atoms with Gasteiger partial charge in [-0.2, -0.15) is 0 Å². The van der Waals surface area contributed by atoms with Crippen molar-refractivity contribution in [1.82, 2.24) is 0 Å². The van der Waals surface area contributed by atoms with Gasteiger partial charge in [-0.05, 0) is 19.4 Å². The minimum atomic E-state index is -0.980. The fraction of sp³-hybridized carbons (Fsp3) is 0.588. The lowest BCUT2D eigenvalue weighted by Gasteiger charge is -2.28. The van der Waals surface area contributed by atoms with Gasteiger partial charge in [0, 0.05) is 6.04 Å². The molecule has 0 amide bonds. The number of hydrogen-bond acceptors (Lipinski definition) is 6. The van der Waals surface area contributed by atoms with Gasteiger partial charge in [0.2, 0.25) is 0 Å². The molecule has 0 aliphatic carbocycles. The van der Waals surface area contributed by atoms with E-state index in [1.165, 1.54) is 0 Å². The summed E-state index contributed by atoms with van der Waals surface area (Å²) in [5.41, 5.74) is 7.02. The van der Waals surface area contributed by atoms with Crippen LogP contribution in [0.5, 0.6) is 0 Å². The Morgan fingerprint density at radius 3 is 2.71 bits per heavy atom. The molecule has 2 aliphatic rings. The minimum absolute atomic E-state index is 0.210. The molecule has 1 aromatic rings. The molecule has 0 bridgehead atoms. The molecule has 5 atom stereocenters. The van der Waals surface area contributed by atoms with Gasteiger partial charge in [-0.15, -0.1) is 0 Å². The molecule has 1 aromatic carbocycles. The van der Waals surface area contributed by atoms with Crippen molar-refractivity contribution in [2.45, 2.75) is 63.3 Å². The van der Waals surface area contributed by atoms with Crippen LogP contribution in [0.3, 0.4) is 0 Å². The Bertz CT molecular complexity index is 578. The second-order valence-electron chi connectivity index (χ2n) is 6.59. The Morgan fingerprint density at radius 2 is 2.04 bits per heavy atom. The Kier molecular flexibility index (Phi) is 4.89. The highest BCUT2D eigenvalue weighted by molar-refractivity contribution is 5.67. The van der Waals surface area contributed by atoms with Gasteiger partial charge in [-0.3, -0.25) is 4.79 Å². The summed E-state index contributed by atoms with van der Waals surface area (Å²) in [7, 11) is 0. The number of carbonyl (C=O) groups is 1. The molecule has 2 aliphatic heterocycles. The molecule has 3 N–H and O–H groups in total. The normalized spacial score (nSPS) is 32.5. The highest BCUT2D eigenvalue weighted by Crippen LogP contribution is 2.40. The third-order valence-corrected chi connectivity index (χ3v) is 4.14. The fourth-order valence-corrected chi connectivity index (χ4v) is 3.12. The summed E-state index contributed by atoms with van der Waals surface area (Å²) in [6.07, 6.45) is -2.35. The number of aliphatic carboxylic acids is 1. The molecule has 7 heteroatoms. The molecule has 0 spiro atoms. The Morgan fingerprint density at radius 1 is 1.33 bits per heavy atom. The van der Waals surface area contributed by atoms with Gasteiger partial charge < -0.3 is 29.8 Å². The summed E-state index contributed by atoms with van der Waals surface area (Å²) in [4.78, 5) is 11.0. The molecule has 2 saturated heterocycles. The maximum Gasteiger partial charge on any atom is 0.305 e. The summed E-state index contributed by atoms with van der Waals surface area (Å²) in [5, 5.41) is 8.99. The number of fused-ring (bicyclic) bond motifs is 1. The number of rotatable bonds is 6. The summed E-state index contributed by atoms with van der Waals surface area (Å²) in [6, 6.07) is 8.99. The van der Waals surface area contributed by atoms with E-state index in [1.807, 2.05) is 30.3 Å². The van der Waals surface area contributed by atoms with Crippen molar-refractivity contribution < 1.29 is 28.8 Å². The first-order valence-corrected chi connectivity index (χ1v) is 8.00. The van der Waals surface area contributed by atoms with Crippen molar-refractivity contribution in [1.29, 1.82) is 0 Å². The van der Waals surface area contributed by atoms with Crippen molar-refractivity contribution in [2.24, 2.45) is 5.73 Å². The lowest BCUT2D eigenvalue weighted by molar-refractivity contribution is -0.221. The zero-order chi connectivity index (χ0) is 17.3. The van der Waals surface area contributed by atoms with E-state index in [0.717, 1.165) is 5.56 Å². The van der Waals surface area contributed by atoms with Crippen LogP contribution in [-0.4, -0.2) is 47.5 Å². The molecule has 0 saturated carbocycles. The zero-order valence-corrected chi connectivity index (χ0v) is 13.8. The summed E-state index contributed by atoms with van der Waals surface area (Å²) in [6.45, 7) is 3.96. The van der Waals surface area contributed by atoms with E-state index in [2.05, 4.69) is 0 Å². The third-order valence-electron chi connectivity index (χ3n) is 4.14. The highest BCUT2D eigenvalue weighted by atomic mass is 16.8. The maximum absolute atomic E-state index is 11.0. The van der Waals surface area contributed by atoms with Crippen molar-refractivity contribution in [2.75, 3.05) is 0 Å². The average Bonchev–Trinajstić information content (AvgIpc) is 2.97. The van der Waals surface area contributed by atoms with Gasteiger partial charge in [0.15, 0.2) is 12.1 Å². The van der Waals surface area contributed by atoms with Gasteiger partial charge in [0.05, 0.1) is 13.0 Å². The lowest BCUT2D eigenvalue weighted by atomic mass is 10.0. The van der Waals surface area contributed by atoms with E-state index in [0.29, 0.717) is 6.61 Å². The Labute approximate surface area is 140 Å². The van der Waals surface area contributed by atoms with Gasteiger partial charge in [-0.25, -0.2) is 0 Å². The lowest BCUT2D eigenvalue weighted by Crippen LogP contribution is -2.47. The van der Waals surface area contributed by atoms with Crippen LogP contribution in [0.4, 0.5) is 0 Å². The van der Waals surface area contributed by atoms with Crippen molar-refractivity contribution >= 4 is 5.97 Å². The quantitative estimate of drug-likeness (QED) is 0.806. The number of hydrogen-bond donors (Lipinski definition) is 2. The van der Waals surface area contributed by atoms with Crippen LogP contribution in [0.2, 0.25) is 0 Å². The molecular weight excluding hydrogens is 314 g/mol. The van der Waals surface area contributed by atoms with E-state index >= 15 is 0 Å². The maximum atomic E-state index is 11.0. The monoisotopic (exact) mass is 337 g/mol. The van der Waals surface area contributed by atoms with Crippen LogP contribution in [0.15, 0.2) is 30.3 Å². The molecule has 24 heavy (non-hydrogen) atoms. The van der Waals surface area contributed by atoms with Crippen LogP contribution >= 0.6 is 0 Å². The van der Waals surface area contributed by atoms with Crippen molar-refractivity contribution in [3.63, 3.8) is 0 Å². The van der Waals surface area contributed by atoms with Crippen LogP contribution in [0, 0.1) is 0 Å². The molecule has 0 aromatic heterocycles. The summed E-state index contributed by atoms with van der Waals surface area (Å²) in [5.74, 6) is -1.75. The molecule has 2 heterocycles. The third kappa shape index (κ3) is 3.76. The molecule has 2 fully saturated rings. The molecule has 0 unspecified atom stereocenters. The summed E-state index contributed by atoms with van der Waals surface area (Å²) < 4.78 is 23.4. The first-order valence-electron chi connectivity index (χ1n) is 8.00. The molecule has 3 rings (SSSR count). The van der Waals surface area contributed by atoms with Crippen molar-refractivity contribution in [3.8, 4) is 0 Å².